The van der Waals surface area contributed by atoms with Gasteiger partial charge in [0.2, 0.25) is 5.91 Å². The molecule has 24 heavy (non-hydrogen) atoms. The van der Waals surface area contributed by atoms with Crippen LogP contribution in [0.25, 0.3) is 11.6 Å². The number of carbonyl (C=O) groups excluding carboxylic acids is 2. The Morgan fingerprint density at radius 2 is 2.17 bits per heavy atom. The Balaban J connectivity index is 1.51. The molecule has 0 aromatic carbocycles. The predicted molar refractivity (Wildman–Crippen MR) is 89.4 cm³/mol. The zero-order chi connectivity index (χ0) is 16.9. The number of nitrogens with one attached hydrogen (secondary N) is 2. The summed E-state index contributed by atoms with van der Waals surface area (Å²) in [4.78, 5) is 24.1. The lowest BCUT2D eigenvalue weighted by molar-refractivity contribution is -0.119. The first kappa shape index (κ1) is 16.3. The monoisotopic (exact) mass is 363 g/mol. The first-order valence-electron chi connectivity index (χ1n) is 6.84. The van der Waals surface area contributed by atoms with Gasteiger partial charge in [0.1, 0.15) is 0 Å². The Morgan fingerprint density at radius 1 is 1.29 bits per heavy atom. The lowest BCUT2D eigenvalue weighted by atomic mass is 10.4. The molecule has 2 amide bonds. The van der Waals surface area contributed by atoms with Gasteiger partial charge in [-0.2, -0.15) is 0 Å². The number of hydrogen-bond acceptors (Lipinski definition) is 7. The number of thiophene rings is 1. The average molecular weight is 363 g/mol. The summed E-state index contributed by atoms with van der Waals surface area (Å²) in [7, 11) is 1.79. The molecule has 0 spiro atoms. The van der Waals surface area contributed by atoms with Crippen molar-refractivity contribution in [1.82, 2.24) is 25.6 Å². The number of amides is 2. The van der Waals surface area contributed by atoms with Crippen molar-refractivity contribution in [1.29, 1.82) is 0 Å². The summed E-state index contributed by atoms with van der Waals surface area (Å²) < 4.78 is 7.02. The minimum absolute atomic E-state index is 0.0921. The molecule has 0 aliphatic carbocycles. The van der Waals surface area contributed by atoms with E-state index in [9.17, 15) is 9.59 Å². The number of hydrogen-bond donors (Lipinski definition) is 2. The first-order valence-corrected chi connectivity index (χ1v) is 8.70. The van der Waals surface area contributed by atoms with Gasteiger partial charge in [0.15, 0.2) is 16.7 Å². The summed E-state index contributed by atoms with van der Waals surface area (Å²) in [6.07, 6.45) is 1.56. The van der Waals surface area contributed by atoms with E-state index in [1.165, 1.54) is 23.1 Å². The zero-order valence-electron chi connectivity index (χ0n) is 12.6. The summed E-state index contributed by atoms with van der Waals surface area (Å²) >= 11 is 2.51. The summed E-state index contributed by atoms with van der Waals surface area (Å²) in [6, 6.07) is 6.99. The van der Waals surface area contributed by atoms with Gasteiger partial charge in [-0.05, 0) is 23.6 Å². The molecule has 8 nitrogen and oxygen atoms in total. The van der Waals surface area contributed by atoms with Crippen molar-refractivity contribution >= 4 is 34.9 Å². The second kappa shape index (κ2) is 7.32. The highest BCUT2D eigenvalue weighted by Gasteiger charge is 2.15. The molecule has 3 aromatic heterocycles. The quantitative estimate of drug-likeness (QED) is 0.528. The van der Waals surface area contributed by atoms with E-state index in [1.54, 1.807) is 47.5 Å². The molecule has 0 aliphatic rings. The van der Waals surface area contributed by atoms with E-state index < -0.39 is 0 Å². The number of carbonyl (C=O) groups is 2. The maximum Gasteiger partial charge on any atom is 0.279 e. The van der Waals surface area contributed by atoms with Crippen molar-refractivity contribution < 1.29 is 14.0 Å². The van der Waals surface area contributed by atoms with E-state index >= 15 is 0 Å². The Hall–Kier alpha value is -2.59. The van der Waals surface area contributed by atoms with Gasteiger partial charge < -0.3 is 8.98 Å². The molecule has 0 aliphatic heterocycles. The molecule has 0 bridgehead atoms. The summed E-state index contributed by atoms with van der Waals surface area (Å²) in [5, 5.41) is 10.4. The molecular formula is C14H13N5O3S2. The molecule has 0 fully saturated rings. The Bertz CT molecular complexity index is 827. The number of furan rings is 1. The molecular weight excluding hydrogens is 350 g/mol. The maximum atomic E-state index is 11.8. The highest BCUT2D eigenvalue weighted by molar-refractivity contribution is 7.99. The van der Waals surface area contributed by atoms with Crippen LogP contribution >= 0.6 is 23.1 Å². The fourth-order valence-corrected chi connectivity index (χ4v) is 3.15. The minimum Gasteiger partial charge on any atom is -0.461 e. The number of rotatable bonds is 5. The van der Waals surface area contributed by atoms with E-state index in [4.69, 9.17) is 4.42 Å². The van der Waals surface area contributed by atoms with Crippen molar-refractivity contribution in [3.05, 3.63) is 40.8 Å². The number of aromatic nitrogens is 3. The lowest BCUT2D eigenvalue weighted by Gasteiger charge is -2.06. The smallest absolute Gasteiger partial charge is 0.279 e. The van der Waals surface area contributed by atoms with E-state index in [0.29, 0.717) is 21.6 Å². The molecule has 0 radical (unpaired) electrons. The molecule has 0 unspecified atom stereocenters. The second-order valence-corrected chi connectivity index (χ2v) is 6.50. The number of thioether (sulfide) groups is 1. The van der Waals surface area contributed by atoms with E-state index in [0.717, 1.165) is 0 Å². The average Bonchev–Trinajstić information content (AvgIpc) is 3.32. The third kappa shape index (κ3) is 3.66. The van der Waals surface area contributed by atoms with Crippen LogP contribution in [0.2, 0.25) is 0 Å². The van der Waals surface area contributed by atoms with Crippen LogP contribution < -0.4 is 10.9 Å². The normalized spacial score (nSPS) is 10.5. The van der Waals surface area contributed by atoms with Gasteiger partial charge in [-0.15, -0.1) is 21.5 Å². The predicted octanol–water partition coefficient (Wildman–Crippen LogP) is 1.69. The molecule has 0 saturated heterocycles. The zero-order valence-corrected chi connectivity index (χ0v) is 14.2. The third-order valence-corrected chi connectivity index (χ3v) is 4.86. The molecule has 3 aromatic rings. The maximum absolute atomic E-state index is 11.8. The van der Waals surface area contributed by atoms with Crippen LogP contribution in [-0.4, -0.2) is 32.3 Å². The highest BCUT2D eigenvalue weighted by atomic mass is 32.2. The van der Waals surface area contributed by atoms with Gasteiger partial charge in [0.25, 0.3) is 5.91 Å². The fraction of sp³-hybridized carbons (Fsp3) is 0.143. The molecule has 3 heterocycles. The van der Waals surface area contributed by atoms with Gasteiger partial charge in [0.05, 0.1) is 16.9 Å². The summed E-state index contributed by atoms with van der Waals surface area (Å²) in [5.74, 6) is 0.586. The molecule has 124 valence electrons. The molecule has 10 heteroatoms. The summed E-state index contributed by atoms with van der Waals surface area (Å²) in [5.41, 5.74) is 4.73. The van der Waals surface area contributed by atoms with Gasteiger partial charge in [-0.25, -0.2) is 0 Å². The largest absolute Gasteiger partial charge is 0.461 e. The Labute approximate surface area is 145 Å². The van der Waals surface area contributed by atoms with Crippen molar-refractivity contribution in [3.8, 4) is 11.6 Å². The SMILES string of the molecule is Cn1c(SCC(=O)NNC(=O)c2cccs2)nnc1-c1ccco1. The van der Waals surface area contributed by atoms with Crippen molar-refractivity contribution in [2.24, 2.45) is 7.05 Å². The molecule has 0 saturated carbocycles. The van der Waals surface area contributed by atoms with E-state index in [1.807, 2.05) is 0 Å². The number of nitrogens with zero attached hydrogens (tertiary/aromatic N) is 3. The van der Waals surface area contributed by atoms with Crippen molar-refractivity contribution in [2.45, 2.75) is 5.16 Å². The Morgan fingerprint density at radius 3 is 2.88 bits per heavy atom. The minimum atomic E-state index is -0.345. The first-order chi connectivity index (χ1) is 11.6. The van der Waals surface area contributed by atoms with Gasteiger partial charge in [-0.3, -0.25) is 20.4 Å². The standard InChI is InChI=1S/C14H13N5O3S2/c1-19-12(9-4-2-6-22-9)16-18-14(19)24-8-11(20)15-17-13(21)10-5-3-7-23-10/h2-7H,8H2,1H3,(H,15,20)(H,17,21). The highest BCUT2D eigenvalue weighted by Crippen LogP contribution is 2.22. The molecule has 0 atom stereocenters. The van der Waals surface area contributed by atoms with Crippen LogP contribution in [0.1, 0.15) is 9.67 Å². The van der Waals surface area contributed by atoms with Crippen LogP contribution in [0.5, 0.6) is 0 Å². The van der Waals surface area contributed by atoms with Crippen LogP contribution in [0.4, 0.5) is 0 Å². The molecule has 3 rings (SSSR count). The van der Waals surface area contributed by atoms with Crippen LogP contribution in [-0.2, 0) is 11.8 Å². The van der Waals surface area contributed by atoms with Gasteiger partial charge in [-0.1, -0.05) is 17.8 Å². The second-order valence-electron chi connectivity index (χ2n) is 4.61. The Kier molecular flexibility index (Phi) is 4.96. The molecule has 2 N–H and O–H groups in total. The summed E-state index contributed by atoms with van der Waals surface area (Å²) in [6.45, 7) is 0. The third-order valence-electron chi connectivity index (χ3n) is 2.97. The van der Waals surface area contributed by atoms with Crippen LogP contribution in [0.3, 0.4) is 0 Å². The van der Waals surface area contributed by atoms with Crippen molar-refractivity contribution in [3.63, 3.8) is 0 Å². The van der Waals surface area contributed by atoms with Gasteiger partial charge >= 0.3 is 0 Å². The van der Waals surface area contributed by atoms with E-state index in [2.05, 4.69) is 21.0 Å². The fourth-order valence-electron chi connectivity index (χ4n) is 1.82. The number of hydrazine groups is 1. The van der Waals surface area contributed by atoms with Crippen molar-refractivity contribution in [2.75, 3.05) is 5.75 Å². The van der Waals surface area contributed by atoms with E-state index in [-0.39, 0.29) is 17.6 Å². The van der Waals surface area contributed by atoms with Gasteiger partial charge in [0, 0.05) is 7.05 Å². The lowest BCUT2D eigenvalue weighted by Crippen LogP contribution is -2.42. The topological polar surface area (TPSA) is 102 Å². The van der Waals surface area contributed by atoms with Crippen LogP contribution in [0.15, 0.2) is 45.5 Å². The van der Waals surface area contributed by atoms with Crippen LogP contribution in [0, 0.1) is 0 Å².